The molecule has 132 valence electrons. The summed E-state index contributed by atoms with van der Waals surface area (Å²) in [5, 5.41) is 4.01. The third kappa shape index (κ3) is 3.10. The summed E-state index contributed by atoms with van der Waals surface area (Å²) < 4.78 is 5.38. The lowest BCUT2D eigenvalue weighted by molar-refractivity contribution is -0.137. The van der Waals surface area contributed by atoms with Crippen LogP contribution in [0, 0.1) is 0 Å². The molecule has 26 heavy (non-hydrogen) atoms. The van der Waals surface area contributed by atoms with E-state index in [0.717, 1.165) is 12.0 Å². The lowest BCUT2D eigenvalue weighted by atomic mass is 9.91. The Morgan fingerprint density at radius 2 is 1.96 bits per heavy atom. The van der Waals surface area contributed by atoms with Gasteiger partial charge in [-0.25, -0.2) is 0 Å². The normalized spacial score (nSPS) is 15.5. The van der Waals surface area contributed by atoms with E-state index >= 15 is 0 Å². The Kier molecular flexibility index (Phi) is 4.48. The van der Waals surface area contributed by atoms with Crippen molar-refractivity contribution in [1.82, 2.24) is 20.0 Å². The SMILES string of the molecule is CCC(C(=O)N1CC(c2nc(-c3ccccn3)no2)C1)c1ccccc1. The van der Waals surface area contributed by atoms with Crippen LogP contribution in [0.5, 0.6) is 0 Å². The first-order valence-electron chi connectivity index (χ1n) is 8.85. The second-order valence-corrected chi connectivity index (χ2v) is 6.48. The highest BCUT2D eigenvalue weighted by atomic mass is 16.5. The molecule has 1 aliphatic rings. The number of likely N-dealkylation sites (tertiary alicyclic amines) is 1. The van der Waals surface area contributed by atoms with Gasteiger partial charge < -0.3 is 9.42 Å². The molecule has 0 aliphatic carbocycles. The van der Waals surface area contributed by atoms with Crippen LogP contribution >= 0.6 is 0 Å². The number of rotatable bonds is 5. The van der Waals surface area contributed by atoms with E-state index < -0.39 is 0 Å². The van der Waals surface area contributed by atoms with Crippen molar-refractivity contribution in [3.8, 4) is 11.5 Å². The molecule has 0 radical (unpaired) electrons. The van der Waals surface area contributed by atoms with Crippen LogP contribution in [-0.2, 0) is 4.79 Å². The highest BCUT2D eigenvalue weighted by molar-refractivity contribution is 5.84. The van der Waals surface area contributed by atoms with Crippen LogP contribution in [0.3, 0.4) is 0 Å². The molecule has 3 aromatic rings. The quantitative estimate of drug-likeness (QED) is 0.708. The summed E-state index contributed by atoms with van der Waals surface area (Å²) in [6, 6.07) is 15.5. The minimum absolute atomic E-state index is 0.0936. The summed E-state index contributed by atoms with van der Waals surface area (Å²) in [7, 11) is 0. The van der Waals surface area contributed by atoms with Crippen molar-refractivity contribution in [2.75, 3.05) is 13.1 Å². The van der Waals surface area contributed by atoms with Gasteiger partial charge in [0.2, 0.25) is 17.6 Å². The van der Waals surface area contributed by atoms with Crippen LogP contribution in [0.1, 0.15) is 36.6 Å². The number of carbonyl (C=O) groups excluding carboxylic acids is 1. The van der Waals surface area contributed by atoms with Crippen molar-refractivity contribution < 1.29 is 9.32 Å². The Morgan fingerprint density at radius 1 is 1.19 bits per heavy atom. The summed E-state index contributed by atoms with van der Waals surface area (Å²) in [5.74, 6) is 1.23. The van der Waals surface area contributed by atoms with Gasteiger partial charge in [0.05, 0.1) is 11.8 Å². The monoisotopic (exact) mass is 348 g/mol. The molecule has 2 aromatic heterocycles. The largest absolute Gasteiger partial charge is 0.340 e. The van der Waals surface area contributed by atoms with E-state index in [4.69, 9.17) is 4.52 Å². The topological polar surface area (TPSA) is 72.1 Å². The lowest BCUT2D eigenvalue weighted by Crippen LogP contribution is -2.50. The Morgan fingerprint density at radius 3 is 2.65 bits per heavy atom. The Hall–Kier alpha value is -3.02. The van der Waals surface area contributed by atoms with Crippen LogP contribution in [0.25, 0.3) is 11.5 Å². The van der Waals surface area contributed by atoms with Crippen LogP contribution in [0.2, 0.25) is 0 Å². The zero-order chi connectivity index (χ0) is 17.9. The number of hydrogen-bond acceptors (Lipinski definition) is 5. The van der Waals surface area contributed by atoms with Gasteiger partial charge in [-0.15, -0.1) is 0 Å². The number of hydrogen-bond donors (Lipinski definition) is 0. The second-order valence-electron chi connectivity index (χ2n) is 6.48. The van der Waals surface area contributed by atoms with E-state index in [2.05, 4.69) is 15.1 Å². The molecule has 1 unspecified atom stereocenters. The minimum atomic E-state index is -0.0936. The van der Waals surface area contributed by atoms with Gasteiger partial charge in [0, 0.05) is 19.3 Å². The summed E-state index contributed by atoms with van der Waals surface area (Å²) in [4.78, 5) is 23.3. The Labute approximate surface area is 151 Å². The molecule has 1 aromatic carbocycles. The van der Waals surface area contributed by atoms with E-state index in [1.165, 1.54) is 0 Å². The lowest BCUT2D eigenvalue weighted by Gasteiger charge is -2.39. The van der Waals surface area contributed by atoms with Gasteiger partial charge in [0.15, 0.2) is 0 Å². The summed E-state index contributed by atoms with van der Waals surface area (Å²) >= 11 is 0. The zero-order valence-electron chi connectivity index (χ0n) is 14.6. The Bertz CT molecular complexity index is 873. The van der Waals surface area contributed by atoms with E-state index in [9.17, 15) is 4.79 Å². The van der Waals surface area contributed by atoms with Gasteiger partial charge in [-0.2, -0.15) is 4.98 Å². The summed E-state index contributed by atoms with van der Waals surface area (Å²) in [6.45, 7) is 3.28. The smallest absolute Gasteiger partial charge is 0.233 e. The van der Waals surface area contributed by atoms with Crippen LogP contribution in [-0.4, -0.2) is 39.0 Å². The highest BCUT2D eigenvalue weighted by Crippen LogP contribution is 2.31. The highest BCUT2D eigenvalue weighted by Gasteiger charge is 2.38. The second kappa shape index (κ2) is 7.07. The molecule has 1 amide bonds. The van der Waals surface area contributed by atoms with E-state index in [-0.39, 0.29) is 17.7 Å². The van der Waals surface area contributed by atoms with Gasteiger partial charge in [-0.3, -0.25) is 9.78 Å². The summed E-state index contributed by atoms with van der Waals surface area (Å²) in [6.07, 6.45) is 2.48. The van der Waals surface area contributed by atoms with Crippen LogP contribution in [0.4, 0.5) is 0 Å². The van der Waals surface area contributed by atoms with Crippen molar-refractivity contribution in [3.05, 3.63) is 66.2 Å². The average molecular weight is 348 g/mol. The maximum Gasteiger partial charge on any atom is 0.233 e. The predicted molar refractivity (Wildman–Crippen MR) is 96.3 cm³/mol. The molecule has 1 aliphatic heterocycles. The third-order valence-corrected chi connectivity index (χ3v) is 4.79. The van der Waals surface area contributed by atoms with Crippen molar-refractivity contribution in [2.45, 2.75) is 25.2 Å². The minimum Gasteiger partial charge on any atom is -0.340 e. The average Bonchev–Trinajstić information content (AvgIpc) is 3.12. The number of benzene rings is 1. The van der Waals surface area contributed by atoms with Gasteiger partial charge in [0.25, 0.3) is 0 Å². The molecule has 0 saturated carbocycles. The molecule has 6 nitrogen and oxygen atoms in total. The number of nitrogens with zero attached hydrogens (tertiary/aromatic N) is 4. The third-order valence-electron chi connectivity index (χ3n) is 4.79. The molecular formula is C20H20N4O2. The molecule has 0 bridgehead atoms. The van der Waals surface area contributed by atoms with E-state index in [1.807, 2.05) is 60.4 Å². The fraction of sp³-hybridized carbons (Fsp3) is 0.300. The van der Waals surface area contributed by atoms with E-state index in [1.54, 1.807) is 6.20 Å². The van der Waals surface area contributed by atoms with Crippen LogP contribution < -0.4 is 0 Å². The summed E-state index contributed by atoms with van der Waals surface area (Å²) in [5.41, 5.74) is 1.75. The standard InChI is InChI=1S/C20H20N4O2/c1-2-16(14-8-4-3-5-9-14)20(25)24-12-15(13-24)19-22-18(23-26-19)17-10-6-7-11-21-17/h3-11,15-16H,2,12-13H2,1H3. The first kappa shape index (κ1) is 16.4. The predicted octanol–water partition coefficient (Wildman–Crippen LogP) is 3.25. The van der Waals surface area contributed by atoms with Crippen molar-refractivity contribution in [1.29, 1.82) is 0 Å². The zero-order valence-corrected chi connectivity index (χ0v) is 14.6. The molecule has 0 N–H and O–H groups in total. The molecule has 1 fully saturated rings. The maximum absolute atomic E-state index is 12.8. The van der Waals surface area contributed by atoms with Gasteiger partial charge in [-0.1, -0.05) is 48.5 Å². The fourth-order valence-corrected chi connectivity index (χ4v) is 3.27. The Balaban J connectivity index is 1.41. The molecule has 3 heterocycles. The number of pyridine rings is 1. The maximum atomic E-state index is 12.8. The van der Waals surface area contributed by atoms with Crippen LogP contribution in [0.15, 0.2) is 59.3 Å². The molecule has 6 heteroatoms. The molecular weight excluding hydrogens is 328 g/mol. The molecule has 0 spiro atoms. The first-order chi connectivity index (χ1) is 12.8. The van der Waals surface area contributed by atoms with Gasteiger partial charge >= 0.3 is 0 Å². The first-order valence-corrected chi connectivity index (χ1v) is 8.85. The fourth-order valence-electron chi connectivity index (χ4n) is 3.27. The van der Waals surface area contributed by atoms with E-state index in [0.29, 0.717) is 30.5 Å². The van der Waals surface area contributed by atoms with Gasteiger partial charge in [0.1, 0.15) is 5.69 Å². The van der Waals surface area contributed by atoms with Gasteiger partial charge in [-0.05, 0) is 24.1 Å². The molecule has 1 atom stereocenters. The van der Waals surface area contributed by atoms with Crippen molar-refractivity contribution >= 4 is 5.91 Å². The number of aromatic nitrogens is 3. The van der Waals surface area contributed by atoms with Crippen molar-refractivity contribution in [3.63, 3.8) is 0 Å². The number of carbonyl (C=O) groups is 1. The molecule has 1 saturated heterocycles. The number of amides is 1. The molecule has 4 rings (SSSR count). The van der Waals surface area contributed by atoms with Crippen molar-refractivity contribution in [2.24, 2.45) is 0 Å².